The van der Waals surface area contributed by atoms with Gasteiger partial charge in [-0.3, -0.25) is 19.9 Å². The van der Waals surface area contributed by atoms with Crippen LogP contribution >= 0.6 is 0 Å². The van der Waals surface area contributed by atoms with Crippen LogP contribution in [0.1, 0.15) is 5.56 Å². The van der Waals surface area contributed by atoms with E-state index in [4.69, 9.17) is 9.97 Å². The highest BCUT2D eigenvalue weighted by Crippen LogP contribution is 2.31. The molecule has 0 bridgehead atoms. The van der Waals surface area contributed by atoms with Crippen LogP contribution in [-0.2, 0) is 11.2 Å². The molecule has 2 aromatic carbocycles. The van der Waals surface area contributed by atoms with Gasteiger partial charge in [0.15, 0.2) is 11.5 Å². The summed E-state index contributed by atoms with van der Waals surface area (Å²) in [6.45, 7) is 0. The Balaban J connectivity index is 1.21. The number of H-pyrrole nitrogens is 2. The van der Waals surface area contributed by atoms with E-state index in [1.54, 1.807) is 30.9 Å². The average molecular weight is 541 g/mol. The maximum absolute atomic E-state index is 13.9. The minimum absolute atomic E-state index is 0.132. The number of aromatic amines is 2. The van der Waals surface area contributed by atoms with Crippen molar-refractivity contribution >= 4 is 33.7 Å². The molecule has 7 rings (SSSR count). The van der Waals surface area contributed by atoms with Gasteiger partial charge >= 0.3 is 0 Å². The number of hydrogen-bond acceptors (Lipinski definition) is 6. The molecule has 0 saturated heterocycles. The molecule has 0 unspecified atom stereocenters. The van der Waals surface area contributed by atoms with E-state index in [-0.39, 0.29) is 18.1 Å². The van der Waals surface area contributed by atoms with Gasteiger partial charge in [0.25, 0.3) is 0 Å². The van der Waals surface area contributed by atoms with Crippen LogP contribution in [0.3, 0.4) is 0 Å². The van der Waals surface area contributed by atoms with Crippen LogP contribution in [0.4, 0.5) is 10.1 Å². The summed E-state index contributed by atoms with van der Waals surface area (Å²) in [5, 5.41) is 10.4. The number of fused-ring (bicyclic) bond motifs is 2. The highest BCUT2D eigenvalue weighted by molar-refractivity contribution is 5.96. The molecule has 0 aliphatic heterocycles. The normalized spacial score (nSPS) is 11.2. The van der Waals surface area contributed by atoms with Crippen LogP contribution in [-0.4, -0.2) is 41.0 Å². The fourth-order valence-electron chi connectivity index (χ4n) is 4.77. The molecule has 0 saturated carbocycles. The summed E-state index contributed by atoms with van der Waals surface area (Å²) in [5.74, 6) is 0.0360. The third-order valence-electron chi connectivity index (χ3n) is 6.69. The Morgan fingerprint density at radius 2 is 1.68 bits per heavy atom. The Morgan fingerprint density at radius 3 is 2.56 bits per heavy atom. The largest absolute Gasteiger partial charge is 0.335 e. The number of nitrogens with one attached hydrogen (secondary N) is 3. The molecule has 5 aromatic heterocycles. The lowest BCUT2D eigenvalue weighted by molar-refractivity contribution is -0.115. The monoisotopic (exact) mass is 540 g/mol. The molecule has 0 fully saturated rings. The highest BCUT2D eigenvalue weighted by atomic mass is 19.1. The van der Waals surface area contributed by atoms with Crippen molar-refractivity contribution in [1.82, 2.24) is 35.1 Å². The quantitative estimate of drug-likeness (QED) is 0.240. The van der Waals surface area contributed by atoms with Crippen molar-refractivity contribution < 1.29 is 9.18 Å². The Kier molecular flexibility index (Phi) is 5.97. The number of hydrogen-bond donors (Lipinski definition) is 3. The fraction of sp³-hybridized carbons (Fsp3) is 0.0323. The zero-order chi connectivity index (χ0) is 27.8. The topological polar surface area (TPSA) is 125 Å². The number of amides is 1. The van der Waals surface area contributed by atoms with Crippen molar-refractivity contribution in [2.45, 2.75) is 6.42 Å². The maximum Gasteiger partial charge on any atom is 0.228 e. The van der Waals surface area contributed by atoms with Gasteiger partial charge in [0, 0.05) is 23.5 Å². The molecule has 0 atom stereocenters. The third-order valence-corrected chi connectivity index (χ3v) is 6.69. The molecule has 0 aliphatic rings. The van der Waals surface area contributed by atoms with Gasteiger partial charge in [-0.25, -0.2) is 14.4 Å². The Hall–Kier alpha value is -5.77. The number of halogens is 1. The van der Waals surface area contributed by atoms with E-state index in [9.17, 15) is 9.18 Å². The average Bonchev–Trinajstić information content (AvgIpc) is 3.61. The Morgan fingerprint density at radius 1 is 0.805 bits per heavy atom. The zero-order valence-corrected chi connectivity index (χ0v) is 21.5. The molecule has 1 amide bonds. The highest BCUT2D eigenvalue weighted by Gasteiger charge is 2.17. The van der Waals surface area contributed by atoms with Gasteiger partial charge in [0.05, 0.1) is 46.7 Å². The number of aromatic nitrogens is 7. The van der Waals surface area contributed by atoms with E-state index in [1.165, 1.54) is 12.1 Å². The summed E-state index contributed by atoms with van der Waals surface area (Å²) < 4.78 is 13.9. The number of anilines is 1. The van der Waals surface area contributed by atoms with Crippen LogP contribution in [0.25, 0.3) is 56.0 Å². The molecule has 10 heteroatoms. The van der Waals surface area contributed by atoms with Crippen molar-refractivity contribution in [2.75, 3.05) is 5.32 Å². The lowest BCUT2D eigenvalue weighted by Crippen LogP contribution is -2.14. The fourth-order valence-corrected chi connectivity index (χ4v) is 4.77. The molecular formula is C31H21FN8O. The minimum atomic E-state index is -0.334. The number of imidazole rings is 1. The number of benzene rings is 2. The van der Waals surface area contributed by atoms with Crippen LogP contribution in [0.15, 0.2) is 97.6 Å². The molecule has 5 heterocycles. The predicted molar refractivity (Wildman–Crippen MR) is 154 cm³/mol. The number of carbonyl (C=O) groups is 1. The van der Waals surface area contributed by atoms with Crippen LogP contribution < -0.4 is 5.32 Å². The summed E-state index contributed by atoms with van der Waals surface area (Å²) in [5.41, 5.74) is 7.49. The third kappa shape index (κ3) is 4.78. The first-order valence-corrected chi connectivity index (χ1v) is 12.8. The van der Waals surface area contributed by atoms with Gasteiger partial charge in [-0.1, -0.05) is 42.5 Å². The van der Waals surface area contributed by atoms with Gasteiger partial charge in [-0.2, -0.15) is 5.10 Å². The molecule has 9 nitrogen and oxygen atoms in total. The van der Waals surface area contributed by atoms with Crippen LogP contribution in [0, 0.1) is 5.82 Å². The van der Waals surface area contributed by atoms with Crippen molar-refractivity contribution in [1.29, 1.82) is 0 Å². The first-order chi connectivity index (χ1) is 20.1. The second-order valence-corrected chi connectivity index (χ2v) is 9.52. The summed E-state index contributed by atoms with van der Waals surface area (Å²) in [6.07, 6.45) is 6.90. The Labute approximate surface area is 232 Å². The molecule has 198 valence electrons. The smallest absolute Gasteiger partial charge is 0.228 e. The van der Waals surface area contributed by atoms with E-state index in [1.807, 2.05) is 54.6 Å². The molecular weight excluding hydrogens is 519 g/mol. The SMILES string of the molecule is O=C(Cc1ccccc1)Nc1cncc(-c2ccc3[nH]nc(-c4nc5c(-c6cccc(F)c6)cncc5[nH]4)c3n2)c1. The maximum atomic E-state index is 13.9. The van der Waals surface area contributed by atoms with Gasteiger partial charge in [0.2, 0.25) is 5.91 Å². The summed E-state index contributed by atoms with van der Waals surface area (Å²) in [7, 11) is 0. The van der Waals surface area contributed by atoms with Gasteiger partial charge in [0.1, 0.15) is 11.3 Å². The molecule has 0 spiro atoms. The predicted octanol–water partition coefficient (Wildman–Crippen LogP) is 5.95. The summed E-state index contributed by atoms with van der Waals surface area (Å²) in [6, 6.07) is 21.5. The van der Waals surface area contributed by atoms with Crippen molar-refractivity contribution in [3.05, 3.63) is 109 Å². The summed E-state index contributed by atoms with van der Waals surface area (Å²) in [4.78, 5) is 34.1. The minimum Gasteiger partial charge on any atom is -0.335 e. The van der Waals surface area contributed by atoms with Gasteiger partial charge in [-0.05, 0) is 41.5 Å². The Bertz CT molecular complexity index is 2050. The standard InChI is InChI=1S/C31H21FN8O/c32-21-8-4-7-19(12-21)23-16-34-17-26-28(23)38-31(37-26)30-29-25(39-40-30)10-9-24(36-29)20-13-22(15-33-14-20)35-27(41)11-18-5-2-1-3-6-18/h1-10,12-17H,11H2,(H,35,41)(H,37,38)(H,39,40). The number of pyridine rings is 3. The van der Waals surface area contributed by atoms with Crippen LogP contribution in [0.5, 0.6) is 0 Å². The van der Waals surface area contributed by atoms with Gasteiger partial charge < -0.3 is 10.3 Å². The zero-order valence-electron chi connectivity index (χ0n) is 21.5. The van der Waals surface area contributed by atoms with Crippen molar-refractivity contribution in [3.8, 4) is 33.9 Å². The molecule has 0 radical (unpaired) electrons. The summed E-state index contributed by atoms with van der Waals surface area (Å²) >= 11 is 0. The molecule has 41 heavy (non-hydrogen) atoms. The van der Waals surface area contributed by atoms with Crippen LogP contribution in [0.2, 0.25) is 0 Å². The second-order valence-electron chi connectivity index (χ2n) is 9.52. The number of nitrogens with zero attached hydrogens (tertiary/aromatic N) is 5. The number of carbonyl (C=O) groups excluding carboxylic acids is 1. The van der Waals surface area contributed by atoms with Gasteiger partial charge in [-0.15, -0.1) is 0 Å². The number of rotatable bonds is 6. The van der Waals surface area contributed by atoms with E-state index >= 15 is 0 Å². The second kappa shape index (κ2) is 10.1. The van der Waals surface area contributed by atoms with Crippen molar-refractivity contribution in [3.63, 3.8) is 0 Å². The molecule has 7 aromatic rings. The lowest BCUT2D eigenvalue weighted by Gasteiger charge is -2.07. The van der Waals surface area contributed by atoms with E-state index in [2.05, 4.69) is 30.5 Å². The first kappa shape index (κ1) is 24.3. The van der Waals surface area contributed by atoms with E-state index in [0.717, 1.165) is 16.6 Å². The van der Waals surface area contributed by atoms with E-state index in [0.29, 0.717) is 50.6 Å². The van der Waals surface area contributed by atoms with Crippen molar-refractivity contribution in [2.24, 2.45) is 0 Å². The molecule has 3 N–H and O–H groups in total. The lowest BCUT2D eigenvalue weighted by atomic mass is 10.1. The molecule has 0 aliphatic carbocycles. The van der Waals surface area contributed by atoms with E-state index < -0.39 is 0 Å². The first-order valence-electron chi connectivity index (χ1n) is 12.8.